The Morgan fingerprint density at radius 1 is 1.24 bits per heavy atom. The fourth-order valence-electron chi connectivity index (χ4n) is 2.98. The number of aromatic nitrogens is 2. The van der Waals surface area contributed by atoms with E-state index in [4.69, 9.17) is 26.6 Å². The molecule has 0 saturated carbocycles. The number of hydrogen-bond acceptors (Lipinski definition) is 6. The molecular formula is C19H23ClN6O3. The molecule has 1 aliphatic rings. The van der Waals surface area contributed by atoms with E-state index in [1.807, 2.05) is 20.8 Å². The van der Waals surface area contributed by atoms with E-state index in [0.717, 1.165) is 5.39 Å². The van der Waals surface area contributed by atoms with E-state index < -0.39 is 11.1 Å². The van der Waals surface area contributed by atoms with Gasteiger partial charge in [0.05, 0.1) is 24.0 Å². The first-order chi connectivity index (χ1) is 13.5. The Kier molecular flexibility index (Phi) is 5.47. The summed E-state index contributed by atoms with van der Waals surface area (Å²) in [6.45, 7) is 9.88. The Hall–Kier alpha value is -2.77. The number of carbonyl (C=O) groups excluding carboxylic acids is 1. The number of likely N-dealkylation sites (tertiary alicyclic amines) is 1. The van der Waals surface area contributed by atoms with E-state index in [1.165, 1.54) is 0 Å². The second-order valence-electron chi connectivity index (χ2n) is 8.40. The van der Waals surface area contributed by atoms with E-state index >= 15 is 0 Å². The third-order valence-electron chi connectivity index (χ3n) is 4.43. The maximum Gasteiger partial charge on any atom is 0.410 e. The lowest BCUT2D eigenvalue weighted by atomic mass is 9.93. The van der Waals surface area contributed by atoms with Crippen molar-refractivity contribution in [3.05, 3.63) is 39.6 Å². The van der Waals surface area contributed by atoms with Crippen molar-refractivity contribution in [2.45, 2.75) is 51.9 Å². The molecule has 3 rings (SSSR count). The molecule has 2 aromatic heterocycles. The minimum absolute atomic E-state index is 0.204. The molecule has 1 amide bonds. The Balaban J connectivity index is 1.82. The highest BCUT2D eigenvalue weighted by Crippen LogP contribution is 2.36. The van der Waals surface area contributed by atoms with Gasteiger partial charge in [0.15, 0.2) is 0 Å². The summed E-state index contributed by atoms with van der Waals surface area (Å²) in [5, 5.41) is 5.58. The summed E-state index contributed by atoms with van der Waals surface area (Å²) in [5.41, 5.74) is 8.22. The number of rotatable bonds is 4. The molecule has 0 aromatic carbocycles. The van der Waals surface area contributed by atoms with Gasteiger partial charge in [0.25, 0.3) is 0 Å². The summed E-state index contributed by atoms with van der Waals surface area (Å²) in [7, 11) is 0. The number of carbonyl (C=O) groups is 1. The van der Waals surface area contributed by atoms with E-state index in [1.54, 1.807) is 37.2 Å². The molecule has 0 aliphatic carbocycles. The topological polar surface area (TPSA) is 113 Å². The molecule has 10 heteroatoms. The molecule has 0 radical (unpaired) electrons. The minimum atomic E-state index is -0.826. The van der Waals surface area contributed by atoms with Gasteiger partial charge in [-0.05, 0) is 43.3 Å². The van der Waals surface area contributed by atoms with Gasteiger partial charge < -0.3 is 14.4 Å². The molecule has 0 atom stereocenters. The highest BCUT2D eigenvalue weighted by atomic mass is 35.5. The number of nitrogens with zero attached hydrogens (tertiary/aromatic N) is 6. The van der Waals surface area contributed by atoms with Crippen molar-refractivity contribution >= 4 is 28.5 Å². The SMILES string of the molecule is CC(C)(C)OC(=O)N1CC(Oc2ncc(C(C)(C)N=[N+]=[N-])c3cc(Cl)ncc23)C1. The molecule has 0 unspecified atom stereocenters. The van der Waals surface area contributed by atoms with Crippen molar-refractivity contribution in [2.24, 2.45) is 5.11 Å². The van der Waals surface area contributed by atoms with Crippen LogP contribution in [0.2, 0.25) is 5.15 Å². The van der Waals surface area contributed by atoms with Crippen LogP contribution in [0.4, 0.5) is 4.79 Å². The van der Waals surface area contributed by atoms with Gasteiger partial charge in [0.2, 0.25) is 5.88 Å². The summed E-state index contributed by atoms with van der Waals surface area (Å²) < 4.78 is 11.3. The largest absolute Gasteiger partial charge is 0.470 e. The number of ether oxygens (including phenoxy) is 2. The molecule has 1 aliphatic heterocycles. The number of azide groups is 1. The van der Waals surface area contributed by atoms with Crippen LogP contribution in [0.5, 0.6) is 5.88 Å². The molecule has 1 fully saturated rings. The lowest BCUT2D eigenvalue weighted by Gasteiger charge is -2.39. The summed E-state index contributed by atoms with van der Waals surface area (Å²) in [6.07, 6.45) is 2.63. The van der Waals surface area contributed by atoms with Crippen molar-refractivity contribution in [3.63, 3.8) is 0 Å². The maximum atomic E-state index is 12.1. The third-order valence-corrected chi connectivity index (χ3v) is 4.64. The van der Waals surface area contributed by atoms with E-state index in [9.17, 15) is 4.79 Å². The fraction of sp³-hybridized carbons (Fsp3) is 0.526. The van der Waals surface area contributed by atoms with Crippen molar-refractivity contribution in [3.8, 4) is 5.88 Å². The lowest BCUT2D eigenvalue weighted by Crippen LogP contribution is -2.57. The summed E-state index contributed by atoms with van der Waals surface area (Å²) in [5.74, 6) is 0.387. The van der Waals surface area contributed by atoms with Gasteiger partial charge in [-0.2, -0.15) is 0 Å². The molecule has 0 N–H and O–H groups in total. The van der Waals surface area contributed by atoms with Gasteiger partial charge in [0.1, 0.15) is 16.9 Å². The van der Waals surface area contributed by atoms with Crippen LogP contribution in [0.1, 0.15) is 40.2 Å². The Morgan fingerprint density at radius 3 is 2.55 bits per heavy atom. The predicted octanol–water partition coefficient (Wildman–Crippen LogP) is 4.83. The molecule has 1 saturated heterocycles. The number of fused-ring (bicyclic) bond motifs is 1. The second-order valence-corrected chi connectivity index (χ2v) is 8.79. The van der Waals surface area contributed by atoms with Crippen molar-refractivity contribution in [1.82, 2.24) is 14.9 Å². The van der Waals surface area contributed by atoms with Gasteiger partial charge in [-0.15, -0.1) is 0 Å². The molecule has 0 spiro atoms. The molecule has 29 heavy (non-hydrogen) atoms. The molecule has 0 bridgehead atoms. The Labute approximate surface area is 173 Å². The summed E-state index contributed by atoms with van der Waals surface area (Å²) in [6, 6.07) is 1.70. The second kappa shape index (κ2) is 7.57. The van der Waals surface area contributed by atoms with Crippen LogP contribution < -0.4 is 4.74 Å². The smallest absolute Gasteiger partial charge is 0.410 e. The lowest BCUT2D eigenvalue weighted by molar-refractivity contribution is -0.0228. The van der Waals surface area contributed by atoms with Gasteiger partial charge in [0, 0.05) is 17.3 Å². The standard InChI is InChI=1S/C19H23ClN6O3/c1-18(2,3)29-17(27)26-9-11(10-26)28-16-13-7-22-15(20)6-12(13)14(8-23-16)19(4,5)24-25-21/h6-8,11H,9-10H2,1-5H3. The van der Waals surface area contributed by atoms with Gasteiger partial charge in [-0.3, -0.25) is 0 Å². The van der Waals surface area contributed by atoms with Crippen LogP contribution in [0.3, 0.4) is 0 Å². The van der Waals surface area contributed by atoms with Gasteiger partial charge in [-0.25, -0.2) is 14.8 Å². The molecule has 3 heterocycles. The van der Waals surface area contributed by atoms with Crippen LogP contribution >= 0.6 is 11.6 Å². The predicted molar refractivity (Wildman–Crippen MR) is 109 cm³/mol. The summed E-state index contributed by atoms with van der Waals surface area (Å²) in [4.78, 5) is 25.1. The quantitative estimate of drug-likeness (QED) is 0.305. The van der Waals surface area contributed by atoms with Crippen LogP contribution in [0, 0.1) is 0 Å². The van der Waals surface area contributed by atoms with E-state index in [-0.39, 0.29) is 12.2 Å². The van der Waals surface area contributed by atoms with Crippen molar-refractivity contribution < 1.29 is 14.3 Å². The van der Waals surface area contributed by atoms with Crippen LogP contribution in [-0.2, 0) is 10.3 Å². The Morgan fingerprint density at radius 2 is 1.93 bits per heavy atom. The van der Waals surface area contributed by atoms with Crippen molar-refractivity contribution in [1.29, 1.82) is 0 Å². The van der Waals surface area contributed by atoms with Crippen LogP contribution in [0.15, 0.2) is 23.6 Å². The summed E-state index contributed by atoms with van der Waals surface area (Å²) >= 11 is 6.09. The molecule has 154 valence electrons. The van der Waals surface area contributed by atoms with Crippen molar-refractivity contribution in [2.75, 3.05) is 13.1 Å². The number of hydrogen-bond donors (Lipinski definition) is 0. The first kappa shape index (κ1) is 21.0. The highest BCUT2D eigenvalue weighted by molar-refractivity contribution is 6.30. The highest BCUT2D eigenvalue weighted by Gasteiger charge is 2.36. The van der Waals surface area contributed by atoms with E-state index in [0.29, 0.717) is 35.1 Å². The normalized spacial score (nSPS) is 14.9. The fourth-order valence-corrected chi connectivity index (χ4v) is 3.14. The maximum absolute atomic E-state index is 12.1. The molecular weight excluding hydrogens is 396 g/mol. The monoisotopic (exact) mass is 418 g/mol. The molecule has 2 aromatic rings. The van der Waals surface area contributed by atoms with E-state index in [2.05, 4.69) is 20.0 Å². The Bertz CT molecular complexity index is 991. The first-order valence-corrected chi connectivity index (χ1v) is 9.53. The first-order valence-electron chi connectivity index (χ1n) is 9.16. The zero-order valence-corrected chi connectivity index (χ0v) is 17.8. The van der Waals surface area contributed by atoms with Crippen LogP contribution in [0.25, 0.3) is 21.2 Å². The van der Waals surface area contributed by atoms with Gasteiger partial charge >= 0.3 is 6.09 Å². The zero-order chi connectivity index (χ0) is 21.4. The van der Waals surface area contributed by atoms with Crippen LogP contribution in [-0.4, -0.2) is 45.8 Å². The average Bonchev–Trinajstić information content (AvgIpc) is 2.55. The number of amides is 1. The minimum Gasteiger partial charge on any atom is -0.470 e. The third kappa shape index (κ3) is 4.63. The number of pyridine rings is 2. The number of halogens is 1. The van der Waals surface area contributed by atoms with Gasteiger partial charge in [-0.1, -0.05) is 30.6 Å². The molecule has 9 nitrogen and oxygen atoms in total. The zero-order valence-electron chi connectivity index (χ0n) is 17.0. The average molecular weight is 419 g/mol.